The van der Waals surface area contributed by atoms with Gasteiger partial charge in [0.05, 0.1) is 12.3 Å². The summed E-state index contributed by atoms with van der Waals surface area (Å²) in [6.07, 6.45) is 4.50. The van der Waals surface area contributed by atoms with Gasteiger partial charge < -0.3 is 10.1 Å². The van der Waals surface area contributed by atoms with Crippen molar-refractivity contribution in [2.24, 2.45) is 5.10 Å². The lowest BCUT2D eigenvalue weighted by Crippen LogP contribution is -2.34. The zero-order valence-corrected chi connectivity index (χ0v) is 12.6. The molecule has 1 aromatic rings. The van der Waals surface area contributed by atoms with Crippen LogP contribution in [0.5, 0.6) is 0 Å². The van der Waals surface area contributed by atoms with E-state index in [2.05, 4.69) is 40.1 Å². The molecule has 5 heteroatoms. The van der Waals surface area contributed by atoms with Crippen LogP contribution in [-0.2, 0) is 11.2 Å². The van der Waals surface area contributed by atoms with E-state index in [4.69, 9.17) is 17.0 Å². The Bertz CT molecular complexity index is 488. The quantitative estimate of drug-likeness (QED) is 0.386. The molecule has 2 rings (SSSR count). The second kappa shape index (κ2) is 7.97. The van der Waals surface area contributed by atoms with Crippen molar-refractivity contribution in [2.45, 2.75) is 25.7 Å². The fraction of sp³-hybridized carbons (Fsp3) is 0.467. The van der Waals surface area contributed by atoms with Crippen LogP contribution in [0.15, 0.2) is 29.4 Å². The van der Waals surface area contributed by atoms with Crippen molar-refractivity contribution < 1.29 is 4.74 Å². The molecule has 108 valence electrons. The van der Waals surface area contributed by atoms with Crippen LogP contribution in [-0.4, -0.2) is 31.1 Å². The van der Waals surface area contributed by atoms with Crippen LogP contribution in [0.3, 0.4) is 0 Å². The van der Waals surface area contributed by atoms with Crippen LogP contribution < -0.4 is 10.7 Å². The first kappa shape index (κ1) is 14.9. The first-order valence-corrected chi connectivity index (χ1v) is 7.39. The molecular formula is C15H21N3OS. The number of hydrogen-bond donors (Lipinski definition) is 2. The fourth-order valence-electron chi connectivity index (χ4n) is 2.30. The van der Waals surface area contributed by atoms with Gasteiger partial charge in [0.1, 0.15) is 0 Å². The molecule has 0 radical (unpaired) electrons. The Morgan fingerprint density at radius 1 is 1.30 bits per heavy atom. The molecule has 4 nitrogen and oxygen atoms in total. The molecule has 0 bridgehead atoms. The number of rotatable bonds is 4. The maximum Gasteiger partial charge on any atom is 0.187 e. The van der Waals surface area contributed by atoms with Gasteiger partial charge in [0, 0.05) is 19.2 Å². The topological polar surface area (TPSA) is 45.6 Å². The van der Waals surface area contributed by atoms with Gasteiger partial charge in [-0.05, 0) is 43.5 Å². The van der Waals surface area contributed by atoms with E-state index in [0.717, 1.165) is 18.6 Å². The monoisotopic (exact) mass is 291 g/mol. The van der Waals surface area contributed by atoms with E-state index in [-0.39, 0.29) is 0 Å². The van der Waals surface area contributed by atoms with Crippen LogP contribution in [0.1, 0.15) is 30.4 Å². The number of nitrogens with one attached hydrogen (secondary N) is 2. The zero-order chi connectivity index (χ0) is 14.2. The lowest BCUT2D eigenvalue weighted by Gasteiger charge is -2.10. The smallest absolute Gasteiger partial charge is 0.187 e. The Balaban J connectivity index is 2.00. The SMILES string of the molecule is COCCNC(=S)N/N=C1/CCCCc2ccccc21. The van der Waals surface area contributed by atoms with Crippen LogP contribution in [0.4, 0.5) is 0 Å². The second-order valence-electron chi connectivity index (χ2n) is 4.78. The molecule has 2 N–H and O–H groups in total. The maximum atomic E-state index is 5.18. The number of ether oxygens (including phenoxy) is 1. The van der Waals surface area contributed by atoms with Crippen molar-refractivity contribution in [1.29, 1.82) is 0 Å². The summed E-state index contributed by atoms with van der Waals surface area (Å²) in [6.45, 7) is 1.31. The van der Waals surface area contributed by atoms with Gasteiger partial charge in [-0.15, -0.1) is 0 Å². The number of nitrogens with zero attached hydrogens (tertiary/aromatic N) is 1. The number of fused-ring (bicyclic) bond motifs is 1. The van der Waals surface area contributed by atoms with Crippen molar-refractivity contribution in [2.75, 3.05) is 20.3 Å². The van der Waals surface area contributed by atoms with Crippen molar-refractivity contribution in [3.63, 3.8) is 0 Å². The predicted octanol–water partition coefficient (Wildman–Crippen LogP) is 2.23. The van der Waals surface area contributed by atoms with Crippen LogP contribution in [0, 0.1) is 0 Å². The molecule has 0 aliphatic heterocycles. The molecule has 0 fully saturated rings. The number of thiocarbonyl (C=S) groups is 1. The van der Waals surface area contributed by atoms with E-state index >= 15 is 0 Å². The first-order chi connectivity index (χ1) is 9.81. The van der Waals surface area contributed by atoms with E-state index < -0.39 is 0 Å². The highest BCUT2D eigenvalue weighted by atomic mass is 32.1. The number of aryl methyl sites for hydroxylation is 1. The predicted molar refractivity (Wildman–Crippen MR) is 86.1 cm³/mol. The molecule has 0 saturated carbocycles. The minimum Gasteiger partial charge on any atom is -0.383 e. The molecule has 0 aromatic heterocycles. The van der Waals surface area contributed by atoms with E-state index in [1.807, 2.05) is 0 Å². The molecule has 0 saturated heterocycles. The summed E-state index contributed by atoms with van der Waals surface area (Å²) in [7, 11) is 1.67. The van der Waals surface area contributed by atoms with E-state index in [1.165, 1.54) is 24.0 Å². The molecule has 1 aliphatic rings. The summed E-state index contributed by atoms with van der Waals surface area (Å²) in [5.74, 6) is 0. The third-order valence-corrected chi connectivity index (χ3v) is 3.56. The van der Waals surface area contributed by atoms with Gasteiger partial charge in [0.15, 0.2) is 5.11 Å². The molecule has 1 aromatic carbocycles. The minimum absolute atomic E-state index is 0.538. The summed E-state index contributed by atoms with van der Waals surface area (Å²) in [5.41, 5.74) is 6.65. The summed E-state index contributed by atoms with van der Waals surface area (Å²) >= 11 is 5.18. The highest BCUT2D eigenvalue weighted by Crippen LogP contribution is 2.20. The largest absolute Gasteiger partial charge is 0.383 e. The second-order valence-corrected chi connectivity index (χ2v) is 5.19. The molecule has 1 aliphatic carbocycles. The van der Waals surface area contributed by atoms with Crippen molar-refractivity contribution in [1.82, 2.24) is 10.7 Å². The standard InChI is InChI=1S/C15H21N3OS/c1-19-11-10-16-15(20)18-17-14-9-5-3-7-12-6-2-4-8-13(12)14/h2,4,6,8H,3,5,7,9-11H2,1H3,(H2,16,18,20)/b17-14-. The number of hydrazone groups is 1. The van der Waals surface area contributed by atoms with Crippen LogP contribution >= 0.6 is 12.2 Å². The van der Waals surface area contributed by atoms with Crippen LogP contribution in [0.25, 0.3) is 0 Å². The Hall–Kier alpha value is -1.46. The molecular weight excluding hydrogens is 270 g/mol. The summed E-state index contributed by atoms with van der Waals surface area (Å²) in [4.78, 5) is 0. The molecule has 20 heavy (non-hydrogen) atoms. The maximum absolute atomic E-state index is 5.18. The Morgan fingerprint density at radius 2 is 2.10 bits per heavy atom. The fourth-order valence-corrected chi connectivity index (χ4v) is 2.45. The lowest BCUT2D eigenvalue weighted by atomic mass is 10.0. The van der Waals surface area contributed by atoms with Crippen molar-refractivity contribution >= 4 is 23.0 Å². The van der Waals surface area contributed by atoms with Gasteiger partial charge >= 0.3 is 0 Å². The van der Waals surface area contributed by atoms with Crippen molar-refractivity contribution in [3.05, 3.63) is 35.4 Å². The Morgan fingerprint density at radius 3 is 2.95 bits per heavy atom. The third-order valence-electron chi connectivity index (χ3n) is 3.32. The summed E-state index contributed by atoms with van der Waals surface area (Å²) < 4.78 is 4.96. The number of methoxy groups -OCH3 is 1. The average molecular weight is 291 g/mol. The van der Waals surface area contributed by atoms with Gasteiger partial charge in [-0.1, -0.05) is 24.3 Å². The van der Waals surface area contributed by atoms with E-state index in [1.54, 1.807) is 7.11 Å². The minimum atomic E-state index is 0.538. The Kier molecular flexibility index (Phi) is 5.95. The van der Waals surface area contributed by atoms with Gasteiger partial charge in [0.2, 0.25) is 0 Å². The molecule has 0 unspecified atom stereocenters. The highest BCUT2D eigenvalue weighted by Gasteiger charge is 2.13. The number of benzene rings is 1. The van der Waals surface area contributed by atoms with Gasteiger partial charge in [-0.2, -0.15) is 5.10 Å². The third kappa shape index (κ3) is 4.28. The Labute approximate surface area is 125 Å². The van der Waals surface area contributed by atoms with E-state index in [0.29, 0.717) is 18.3 Å². The summed E-state index contributed by atoms with van der Waals surface area (Å²) in [5, 5.41) is 8.07. The lowest BCUT2D eigenvalue weighted by molar-refractivity contribution is 0.204. The molecule has 0 heterocycles. The molecule has 0 spiro atoms. The first-order valence-electron chi connectivity index (χ1n) is 6.99. The van der Waals surface area contributed by atoms with Crippen LogP contribution in [0.2, 0.25) is 0 Å². The molecule has 0 amide bonds. The molecule has 0 atom stereocenters. The van der Waals surface area contributed by atoms with Gasteiger partial charge in [-0.25, -0.2) is 0 Å². The summed E-state index contributed by atoms with van der Waals surface area (Å²) in [6, 6.07) is 8.48. The van der Waals surface area contributed by atoms with Crippen molar-refractivity contribution in [3.8, 4) is 0 Å². The highest BCUT2D eigenvalue weighted by molar-refractivity contribution is 7.80. The van der Waals surface area contributed by atoms with E-state index in [9.17, 15) is 0 Å². The van der Waals surface area contributed by atoms with Gasteiger partial charge in [-0.3, -0.25) is 5.43 Å². The normalized spacial score (nSPS) is 16.4. The average Bonchev–Trinajstić information content (AvgIpc) is 2.68. The number of hydrogen-bond acceptors (Lipinski definition) is 3. The van der Waals surface area contributed by atoms with Gasteiger partial charge in [0.25, 0.3) is 0 Å². The zero-order valence-electron chi connectivity index (χ0n) is 11.8.